The molecule has 0 radical (unpaired) electrons. The van der Waals surface area contributed by atoms with E-state index in [0.717, 1.165) is 19.0 Å². The first kappa shape index (κ1) is 23.8. The van der Waals surface area contributed by atoms with E-state index in [1.54, 1.807) is 0 Å². The summed E-state index contributed by atoms with van der Waals surface area (Å²) in [5, 5.41) is 9.22. The van der Waals surface area contributed by atoms with Gasteiger partial charge in [-0.25, -0.2) is 0 Å². The number of hydrogen-bond donors (Lipinski definition) is 2. The number of anilines is 2. The van der Waals surface area contributed by atoms with E-state index in [1.807, 2.05) is 0 Å². The highest BCUT2D eigenvalue weighted by molar-refractivity contribution is 6.31. The monoisotopic (exact) mass is 486 g/mol. The second-order valence-corrected chi connectivity index (χ2v) is 9.13. The van der Waals surface area contributed by atoms with Crippen molar-refractivity contribution >= 4 is 23.1 Å². The Hall–Kier alpha value is -2.30. The van der Waals surface area contributed by atoms with Crippen molar-refractivity contribution in [3.8, 4) is 6.01 Å². The van der Waals surface area contributed by atoms with Gasteiger partial charge >= 0.3 is 12.2 Å². The molecule has 1 aromatic carbocycles. The summed E-state index contributed by atoms with van der Waals surface area (Å²) < 4.78 is 52.5. The van der Waals surface area contributed by atoms with Crippen molar-refractivity contribution < 1.29 is 27.8 Å². The highest BCUT2D eigenvalue weighted by Crippen LogP contribution is 2.44. The van der Waals surface area contributed by atoms with Crippen LogP contribution in [0.4, 0.5) is 24.7 Å². The lowest BCUT2D eigenvalue weighted by molar-refractivity contribution is -0.139. The molecule has 2 aliphatic heterocycles. The highest BCUT2D eigenvalue weighted by Gasteiger charge is 2.40. The van der Waals surface area contributed by atoms with Gasteiger partial charge in [0.15, 0.2) is 0 Å². The fourth-order valence-corrected chi connectivity index (χ4v) is 5.11. The number of methoxy groups -OCH3 is 1. The summed E-state index contributed by atoms with van der Waals surface area (Å²) >= 11 is 5.93. The summed E-state index contributed by atoms with van der Waals surface area (Å²) in [5.74, 6) is 1.07. The predicted octanol–water partition coefficient (Wildman–Crippen LogP) is 4.01. The van der Waals surface area contributed by atoms with E-state index in [4.69, 9.17) is 26.8 Å². The lowest BCUT2D eigenvalue weighted by atomic mass is 9.90. The van der Waals surface area contributed by atoms with Crippen LogP contribution in [-0.4, -0.2) is 41.9 Å². The maximum absolute atomic E-state index is 13.8. The van der Waals surface area contributed by atoms with E-state index in [1.165, 1.54) is 13.2 Å². The number of piperidine rings is 1. The Morgan fingerprint density at radius 1 is 1.30 bits per heavy atom. The van der Waals surface area contributed by atoms with Crippen LogP contribution in [-0.2, 0) is 23.9 Å². The number of aromatic nitrogens is 2. The number of benzene rings is 1. The molecule has 1 aromatic heterocycles. The number of nitrogens with two attached hydrogens (primary N) is 1. The molecule has 1 saturated heterocycles. The lowest BCUT2D eigenvalue weighted by Gasteiger charge is -2.38. The summed E-state index contributed by atoms with van der Waals surface area (Å²) in [7, 11) is 1.44. The van der Waals surface area contributed by atoms with Gasteiger partial charge < -0.3 is 25.2 Å². The third-order valence-electron chi connectivity index (χ3n) is 6.12. The summed E-state index contributed by atoms with van der Waals surface area (Å²) in [5.41, 5.74) is 6.11. The SMILES string of the molecule is COc1nc2c(c(N3CC(C)CC(CO)C3)n1)COC(c1cc(N)cc(Cl)c1C(F)(F)F)C2. The zero-order chi connectivity index (χ0) is 23.9. The number of nitrogens with zero attached hydrogens (tertiary/aromatic N) is 3. The van der Waals surface area contributed by atoms with Crippen LogP contribution < -0.4 is 15.4 Å². The minimum absolute atomic E-state index is 0.0255. The number of rotatable bonds is 4. The quantitative estimate of drug-likeness (QED) is 0.631. The molecule has 0 bridgehead atoms. The van der Waals surface area contributed by atoms with Gasteiger partial charge in [-0.1, -0.05) is 18.5 Å². The van der Waals surface area contributed by atoms with E-state index in [9.17, 15) is 18.3 Å². The first-order valence-electron chi connectivity index (χ1n) is 10.7. The molecule has 1 fully saturated rings. The van der Waals surface area contributed by atoms with E-state index in [-0.39, 0.29) is 42.8 Å². The van der Waals surface area contributed by atoms with Gasteiger partial charge in [0.25, 0.3) is 0 Å². The van der Waals surface area contributed by atoms with Gasteiger partial charge in [0.1, 0.15) is 5.82 Å². The Balaban J connectivity index is 1.73. The van der Waals surface area contributed by atoms with Crippen molar-refractivity contribution in [1.82, 2.24) is 9.97 Å². The number of ether oxygens (including phenoxy) is 2. The fraction of sp³-hybridized carbons (Fsp3) is 0.545. The van der Waals surface area contributed by atoms with E-state index >= 15 is 0 Å². The number of aliphatic hydroxyl groups excluding tert-OH is 1. The Labute approximate surface area is 194 Å². The van der Waals surface area contributed by atoms with Gasteiger partial charge in [0, 0.05) is 37.4 Å². The van der Waals surface area contributed by atoms with Gasteiger partial charge in [-0.15, -0.1) is 0 Å². The van der Waals surface area contributed by atoms with Crippen molar-refractivity contribution in [2.24, 2.45) is 11.8 Å². The van der Waals surface area contributed by atoms with Crippen LogP contribution in [0, 0.1) is 11.8 Å². The second-order valence-electron chi connectivity index (χ2n) is 8.72. The minimum Gasteiger partial charge on any atom is -0.467 e. The topological polar surface area (TPSA) is 93.7 Å². The Morgan fingerprint density at radius 3 is 2.73 bits per heavy atom. The molecule has 0 amide bonds. The number of alkyl halides is 3. The van der Waals surface area contributed by atoms with E-state index < -0.39 is 22.9 Å². The first-order valence-corrected chi connectivity index (χ1v) is 11.1. The number of fused-ring (bicyclic) bond motifs is 1. The van der Waals surface area contributed by atoms with Crippen molar-refractivity contribution in [3.05, 3.63) is 39.5 Å². The van der Waals surface area contributed by atoms with Gasteiger partial charge in [0.05, 0.1) is 36.1 Å². The van der Waals surface area contributed by atoms with Gasteiger partial charge in [-0.2, -0.15) is 23.1 Å². The molecule has 0 saturated carbocycles. The highest BCUT2D eigenvalue weighted by atomic mass is 35.5. The Kier molecular flexibility index (Phi) is 6.61. The standard InChI is InChI=1S/C22H26ClF3N4O3/c1-11-3-12(9-31)8-30(7-11)20-15-10-33-18(6-17(15)28-21(29-20)32-2)14-4-13(27)5-16(23)19(14)22(24,25)26/h4-5,11-12,18,31H,3,6-10,27H2,1-2H3. The van der Waals surface area contributed by atoms with Crippen LogP contribution in [0.1, 0.15) is 41.8 Å². The average molecular weight is 487 g/mol. The molecule has 2 aliphatic rings. The molecule has 33 heavy (non-hydrogen) atoms. The second kappa shape index (κ2) is 9.15. The molecule has 4 rings (SSSR count). The molecule has 0 spiro atoms. The molecule has 0 aliphatic carbocycles. The zero-order valence-corrected chi connectivity index (χ0v) is 19.1. The Morgan fingerprint density at radius 2 is 2.06 bits per heavy atom. The van der Waals surface area contributed by atoms with Crippen molar-refractivity contribution in [3.63, 3.8) is 0 Å². The fourth-order valence-electron chi connectivity index (χ4n) is 4.77. The van der Waals surface area contributed by atoms with E-state index in [0.29, 0.717) is 29.5 Å². The Bertz CT molecular complexity index is 1040. The average Bonchev–Trinajstić information content (AvgIpc) is 2.75. The molecule has 3 N–H and O–H groups in total. The first-order chi connectivity index (χ1) is 15.6. The summed E-state index contributed by atoms with van der Waals surface area (Å²) in [6.07, 6.45) is -4.61. The van der Waals surface area contributed by atoms with Gasteiger partial charge in [-0.05, 0) is 36.0 Å². The summed E-state index contributed by atoms with van der Waals surface area (Å²) in [6.45, 7) is 3.54. The van der Waals surface area contributed by atoms with Crippen LogP contribution in [0.3, 0.4) is 0 Å². The zero-order valence-electron chi connectivity index (χ0n) is 18.3. The molecule has 2 aromatic rings. The molecule has 11 heteroatoms. The maximum Gasteiger partial charge on any atom is 0.418 e. The number of nitrogen functional groups attached to an aromatic ring is 1. The van der Waals surface area contributed by atoms with Crippen LogP contribution >= 0.6 is 11.6 Å². The molecule has 3 unspecified atom stereocenters. The summed E-state index contributed by atoms with van der Waals surface area (Å²) in [4.78, 5) is 11.0. The van der Waals surface area contributed by atoms with Crippen LogP contribution in [0.2, 0.25) is 5.02 Å². The van der Waals surface area contributed by atoms with Crippen molar-refractivity contribution in [2.45, 2.75) is 38.7 Å². The molecular weight excluding hydrogens is 461 g/mol. The number of hydrogen-bond acceptors (Lipinski definition) is 7. The van der Waals surface area contributed by atoms with Crippen LogP contribution in [0.25, 0.3) is 0 Å². The van der Waals surface area contributed by atoms with Crippen molar-refractivity contribution in [2.75, 3.05) is 37.4 Å². The smallest absolute Gasteiger partial charge is 0.418 e. The lowest BCUT2D eigenvalue weighted by Crippen LogP contribution is -2.42. The van der Waals surface area contributed by atoms with Crippen LogP contribution in [0.5, 0.6) is 6.01 Å². The molecule has 180 valence electrons. The molecule has 7 nitrogen and oxygen atoms in total. The molecular formula is C22H26ClF3N4O3. The summed E-state index contributed by atoms with van der Waals surface area (Å²) in [6, 6.07) is 2.47. The molecule has 3 heterocycles. The van der Waals surface area contributed by atoms with Crippen LogP contribution in [0.15, 0.2) is 12.1 Å². The predicted molar refractivity (Wildman–Crippen MR) is 117 cm³/mol. The normalized spacial score (nSPS) is 23.4. The third kappa shape index (κ3) is 4.83. The number of aliphatic hydroxyl groups is 1. The van der Waals surface area contributed by atoms with Crippen molar-refractivity contribution in [1.29, 1.82) is 0 Å². The van der Waals surface area contributed by atoms with E-state index in [2.05, 4.69) is 21.8 Å². The van der Waals surface area contributed by atoms with Gasteiger partial charge in [0.2, 0.25) is 0 Å². The molecule has 3 atom stereocenters. The number of halogens is 4. The largest absolute Gasteiger partial charge is 0.467 e. The maximum atomic E-state index is 13.8. The van der Waals surface area contributed by atoms with Gasteiger partial charge in [-0.3, -0.25) is 0 Å². The third-order valence-corrected chi connectivity index (χ3v) is 6.42. The minimum atomic E-state index is -4.67.